The van der Waals surface area contributed by atoms with Crippen LogP contribution in [0.3, 0.4) is 0 Å². The lowest BCUT2D eigenvalue weighted by molar-refractivity contribution is -0.144. The molecule has 0 saturated heterocycles. The standard InChI is InChI=1S/C13H27NO3.ClH/c1-11(2)8-12(10-14)9-13(16)17-7-5-3-4-6-15;/h11-12,15H,3-10,14H2,1-2H3;1H/t12-;/m0./s1. The monoisotopic (exact) mass is 281 g/mol. The first-order chi connectivity index (χ1) is 8.10. The third kappa shape index (κ3) is 12.1. The average molecular weight is 282 g/mol. The third-order valence-electron chi connectivity index (χ3n) is 2.66. The Kier molecular flexibility index (Phi) is 14.6. The van der Waals surface area contributed by atoms with E-state index < -0.39 is 0 Å². The van der Waals surface area contributed by atoms with Gasteiger partial charge in [0.1, 0.15) is 0 Å². The molecule has 0 aromatic rings. The molecule has 0 aliphatic carbocycles. The Morgan fingerprint density at radius 3 is 2.44 bits per heavy atom. The maximum absolute atomic E-state index is 11.5. The summed E-state index contributed by atoms with van der Waals surface area (Å²) in [6.45, 7) is 5.46. The molecule has 0 rings (SSSR count). The molecule has 0 radical (unpaired) electrons. The molecule has 3 N–H and O–H groups in total. The van der Waals surface area contributed by atoms with Gasteiger partial charge in [0.25, 0.3) is 0 Å². The number of aliphatic hydroxyl groups is 1. The molecule has 110 valence electrons. The van der Waals surface area contributed by atoms with Crippen molar-refractivity contribution in [2.45, 2.75) is 46.0 Å². The van der Waals surface area contributed by atoms with E-state index in [0.29, 0.717) is 25.5 Å². The van der Waals surface area contributed by atoms with E-state index in [1.165, 1.54) is 0 Å². The van der Waals surface area contributed by atoms with Crippen LogP contribution in [0.5, 0.6) is 0 Å². The summed E-state index contributed by atoms with van der Waals surface area (Å²) in [6, 6.07) is 0. The molecule has 0 aromatic carbocycles. The molecular weight excluding hydrogens is 254 g/mol. The van der Waals surface area contributed by atoms with E-state index in [4.69, 9.17) is 15.6 Å². The predicted octanol–water partition coefficient (Wildman–Crippen LogP) is 2.13. The van der Waals surface area contributed by atoms with Gasteiger partial charge in [0, 0.05) is 13.0 Å². The number of unbranched alkanes of at least 4 members (excludes halogenated alkanes) is 2. The maximum atomic E-state index is 11.5. The minimum atomic E-state index is -0.148. The topological polar surface area (TPSA) is 72.6 Å². The van der Waals surface area contributed by atoms with E-state index in [-0.39, 0.29) is 30.9 Å². The largest absolute Gasteiger partial charge is 0.466 e. The summed E-state index contributed by atoms with van der Waals surface area (Å²) in [6.07, 6.45) is 3.89. The SMILES string of the molecule is CC(C)C[C@H](CN)CC(=O)OCCCCCO.Cl. The van der Waals surface area contributed by atoms with Crippen LogP contribution in [-0.4, -0.2) is 30.8 Å². The normalized spacial score (nSPS) is 12.1. The number of hydrogen-bond donors (Lipinski definition) is 2. The molecule has 0 heterocycles. The van der Waals surface area contributed by atoms with Gasteiger partial charge in [-0.1, -0.05) is 13.8 Å². The second-order valence-corrected chi connectivity index (χ2v) is 4.94. The van der Waals surface area contributed by atoms with E-state index in [9.17, 15) is 4.79 Å². The number of aliphatic hydroxyl groups excluding tert-OH is 1. The molecule has 0 bridgehead atoms. The van der Waals surface area contributed by atoms with Crippen molar-refractivity contribution in [1.29, 1.82) is 0 Å². The number of esters is 1. The minimum absolute atomic E-state index is 0. The fraction of sp³-hybridized carbons (Fsp3) is 0.923. The van der Waals surface area contributed by atoms with E-state index in [2.05, 4.69) is 13.8 Å². The lowest BCUT2D eigenvalue weighted by atomic mass is 9.94. The molecule has 5 heteroatoms. The Balaban J connectivity index is 0. The fourth-order valence-corrected chi connectivity index (χ4v) is 1.80. The van der Waals surface area contributed by atoms with Gasteiger partial charge in [-0.3, -0.25) is 4.79 Å². The summed E-state index contributed by atoms with van der Waals surface area (Å²) in [4.78, 5) is 11.5. The van der Waals surface area contributed by atoms with Gasteiger partial charge in [0.15, 0.2) is 0 Å². The van der Waals surface area contributed by atoms with E-state index in [0.717, 1.165) is 25.7 Å². The minimum Gasteiger partial charge on any atom is -0.466 e. The number of halogens is 1. The highest BCUT2D eigenvalue weighted by Gasteiger charge is 2.14. The Bertz CT molecular complexity index is 201. The van der Waals surface area contributed by atoms with Crippen molar-refractivity contribution in [2.24, 2.45) is 17.6 Å². The van der Waals surface area contributed by atoms with Crippen LogP contribution in [-0.2, 0) is 9.53 Å². The van der Waals surface area contributed by atoms with Crippen LogP contribution in [0.25, 0.3) is 0 Å². The highest BCUT2D eigenvalue weighted by molar-refractivity contribution is 5.85. The van der Waals surface area contributed by atoms with Gasteiger partial charge in [-0.2, -0.15) is 0 Å². The summed E-state index contributed by atoms with van der Waals surface area (Å²) in [5.41, 5.74) is 5.63. The lowest BCUT2D eigenvalue weighted by Crippen LogP contribution is -2.21. The van der Waals surface area contributed by atoms with E-state index in [1.807, 2.05) is 0 Å². The van der Waals surface area contributed by atoms with Crippen LogP contribution in [0, 0.1) is 11.8 Å². The van der Waals surface area contributed by atoms with Gasteiger partial charge < -0.3 is 15.6 Å². The Labute approximate surface area is 117 Å². The molecule has 4 nitrogen and oxygen atoms in total. The Morgan fingerprint density at radius 2 is 1.94 bits per heavy atom. The zero-order valence-corrected chi connectivity index (χ0v) is 12.4. The zero-order chi connectivity index (χ0) is 13.1. The summed E-state index contributed by atoms with van der Waals surface area (Å²) in [5, 5.41) is 8.59. The number of carbonyl (C=O) groups excluding carboxylic acids is 1. The van der Waals surface area contributed by atoms with E-state index >= 15 is 0 Å². The van der Waals surface area contributed by atoms with Crippen LogP contribution in [0.4, 0.5) is 0 Å². The molecule has 0 saturated carbocycles. The van der Waals surface area contributed by atoms with Gasteiger partial charge in [-0.15, -0.1) is 12.4 Å². The predicted molar refractivity (Wildman–Crippen MR) is 75.8 cm³/mol. The lowest BCUT2D eigenvalue weighted by Gasteiger charge is -2.16. The molecule has 0 fully saturated rings. The van der Waals surface area contributed by atoms with Gasteiger partial charge >= 0.3 is 5.97 Å². The number of nitrogens with two attached hydrogens (primary N) is 1. The van der Waals surface area contributed by atoms with Crippen LogP contribution in [0.15, 0.2) is 0 Å². The van der Waals surface area contributed by atoms with E-state index in [1.54, 1.807) is 0 Å². The second-order valence-electron chi connectivity index (χ2n) is 4.94. The third-order valence-corrected chi connectivity index (χ3v) is 2.66. The number of carbonyl (C=O) groups is 1. The molecule has 0 aromatic heterocycles. The molecule has 0 amide bonds. The van der Waals surface area contributed by atoms with Gasteiger partial charge in [-0.25, -0.2) is 0 Å². The highest BCUT2D eigenvalue weighted by Crippen LogP contribution is 2.14. The van der Waals surface area contributed by atoms with Gasteiger partial charge in [-0.05, 0) is 44.1 Å². The van der Waals surface area contributed by atoms with Gasteiger partial charge in [0.2, 0.25) is 0 Å². The molecule has 18 heavy (non-hydrogen) atoms. The van der Waals surface area contributed by atoms with Crippen LogP contribution >= 0.6 is 12.4 Å². The molecule has 0 aliphatic rings. The van der Waals surface area contributed by atoms with Crippen molar-refractivity contribution in [2.75, 3.05) is 19.8 Å². The summed E-state index contributed by atoms with van der Waals surface area (Å²) < 4.78 is 5.13. The molecule has 0 unspecified atom stereocenters. The highest BCUT2D eigenvalue weighted by atomic mass is 35.5. The number of hydrogen-bond acceptors (Lipinski definition) is 4. The van der Waals surface area contributed by atoms with Crippen LogP contribution in [0.1, 0.15) is 46.0 Å². The molecule has 0 aliphatic heterocycles. The average Bonchev–Trinajstić information content (AvgIpc) is 2.27. The number of ether oxygens (including phenoxy) is 1. The first-order valence-corrected chi connectivity index (χ1v) is 6.56. The summed E-state index contributed by atoms with van der Waals surface area (Å²) in [5.74, 6) is 0.644. The van der Waals surface area contributed by atoms with Crippen molar-refractivity contribution >= 4 is 18.4 Å². The second kappa shape index (κ2) is 13.1. The first-order valence-electron chi connectivity index (χ1n) is 6.56. The number of rotatable bonds is 10. The summed E-state index contributed by atoms with van der Waals surface area (Å²) >= 11 is 0. The molecular formula is C13H28ClNO3. The van der Waals surface area contributed by atoms with Crippen molar-refractivity contribution in [1.82, 2.24) is 0 Å². The van der Waals surface area contributed by atoms with Crippen molar-refractivity contribution in [3.63, 3.8) is 0 Å². The first kappa shape index (κ1) is 20.0. The smallest absolute Gasteiger partial charge is 0.306 e. The van der Waals surface area contributed by atoms with Gasteiger partial charge in [0.05, 0.1) is 6.61 Å². The van der Waals surface area contributed by atoms with Crippen LogP contribution in [0.2, 0.25) is 0 Å². The Morgan fingerprint density at radius 1 is 1.28 bits per heavy atom. The zero-order valence-electron chi connectivity index (χ0n) is 11.6. The van der Waals surface area contributed by atoms with Crippen molar-refractivity contribution in [3.8, 4) is 0 Å². The molecule has 0 spiro atoms. The quantitative estimate of drug-likeness (QED) is 0.475. The fourth-order valence-electron chi connectivity index (χ4n) is 1.80. The van der Waals surface area contributed by atoms with Crippen molar-refractivity contribution in [3.05, 3.63) is 0 Å². The summed E-state index contributed by atoms with van der Waals surface area (Å²) in [7, 11) is 0. The van der Waals surface area contributed by atoms with Crippen molar-refractivity contribution < 1.29 is 14.6 Å². The molecule has 1 atom stereocenters. The Hall–Kier alpha value is -0.320. The van der Waals surface area contributed by atoms with Crippen LogP contribution < -0.4 is 5.73 Å². The maximum Gasteiger partial charge on any atom is 0.306 e.